The number of hydrogen-bond acceptors (Lipinski definition) is 6. The summed E-state index contributed by atoms with van der Waals surface area (Å²) in [6.07, 6.45) is 3.36. The molecule has 0 aromatic heterocycles. The van der Waals surface area contributed by atoms with Gasteiger partial charge in [-0.25, -0.2) is 4.79 Å². The van der Waals surface area contributed by atoms with Gasteiger partial charge < -0.3 is 14.2 Å². The van der Waals surface area contributed by atoms with Crippen molar-refractivity contribution in [2.45, 2.75) is 65.4 Å². The average Bonchev–Trinajstić information content (AvgIpc) is 2.70. The van der Waals surface area contributed by atoms with Crippen molar-refractivity contribution < 1.29 is 28.6 Å². The van der Waals surface area contributed by atoms with Gasteiger partial charge in [0.05, 0.1) is 19.4 Å². The van der Waals surface area contributed by atoms with Crippen molar-refractivity contribution in [1.82, 2.24) is 0 Å². The zero-order chi connectivity index (χ0) is 21.6. The molecule has 6 nitrogen and oxygen atoms in total. The molecule has 0 saturated heterocycles. The molecule has 1 aromatic rings. The molecular weight excluding hydrogens is 372 g/mol. The van der Waals surface area contributed by atoms with E-state index in [0.717, 1.165) is 12.0 Å². The summed E-state index contributed by atoms with van der Waals surface area (Å²) in [5.41, 5.74) is 2.70. The fourth-order valence-corrected chi connectivity index (χ4v) is 2.41. The van der Waals surface area contributed by atoms with Gasteiger partial charge in [-0.1, -0.05) is 44.2 Å². The minimum Gasteiger partial charge on any atom is -0.465 e. The van der Waals surface area contributed by atoms with Crippen molar-refractivity contribution in [2.75, 3.05) is 13.2 Å². The number of aryl methyl sites for hydroxylation is 1. The zero-order valence-corrected chi connectivity index (χ0v) is 17.7. The third kappa shape index (κ3) is 11.1. The summed E-state index contributed by atoms with van der Waals surface area (Å²) in [5, 5.41) is 0. The highest BCUT2D eigenvalue weighted by atomic mass is 16.6. The third-order valence-corrected chi connectivity index (χ3v) is 4.16. The molecule has 0 N–H and O–H groups in total. The zero-order valence-electron chi connectivity index (χ0n) is 17.7. The van der Waals surface area contributed by atoms with Crippen LogP contribution in [-0.4, -0.2) is 37.2 Å². The van der Waals surface area contributed by atoms with Gasteiger partial charge in [-0.3, -0.25) is 9.59 Å². The Bertz CT molecular complexity index is 677. The van der Waals surface area contributed by atoms with Gasteiger partial charge in [-0.15, -0.1) is 0 Å². The second-order valence-corrected chi connectivity index (χ2v) is 7.07. The monoisotopic (exact) mass is 404 g/mol. The second-order valence-electron chi connectivity index (χ2n) is 7.07. The quantitative estimate of drug-likeness (QED) is 0.281. The van der Waals surface area contributed by atoms with Crippen molar-refractivity contribution >= 4 is 17.9 Å². The number of carbonyl (C=O) groups is 3. The average molecular weight is 405 g/mol. The fourth-order valence-electron chi connectivity index (χ4n) is 2.41. The normalized spacial score (nSPS) is 11.4. The van der Waals surface area contributed by atoms with Crippen LogP contribution in [0.1, 0.15) is 57.6 Å². The Kier molecular flexibility index (Phi) is 11.4. The fraction of sp³-hybridized carbons (Fsp3) is 0.522. The first-order valence-corrected chi connectivity index (χ1v) is 10.1. The van der Waals surface area contributed by atoms with Crippen LogP contribution >= 0.6 is 0 Å². The van der Waals surface area contributed by atoms with Crippen molar-refractivity contribution in [1.29, 1.82) is 0 Å². The Labute approximate surface area is 173 Å². The maximum Gasteiger partial charge on any atom is 0.333 e. The molecule has 0 spiro atoms. The largest absolute Gasteiger partial charge is 0.465 e. The van der Waals surface area contributed by atoms with E-state index in [9.17, 15) is 14.4 Å². The van der Waals surface area contributed by atoms with Gasteiger partial charge >= 0.3 is 17.9 Å². The summed E-state index contributed by atoms with van der Waals surface area (Å²) in [5.74, 6) is -1.51. The van der Waals surface area contributed by atoms with Gasteiger partial charge in [-0.2, -0.15) is 0 Å². The lowest BCUT2D eigenvalue weighted by atomic mass is 10.1. The van der Waals surface area contributed by atoms with E-state index in [0.29, 0.717) is 6.42 Å². The number of hydrogen-bond donors (Lipinski definition) is 0. The molecule has 0 aliphatic carbocycles. The van der Waals surface area contributed by atoms with E-state index < -0.39 is 24.0 Å². The highest BCUT2D eigenvalue weighted by molar-refractivity contribution is 5.87. The van der Waals surface area contributed by atoms with Crippen LogP contribution in [0.4, 0.5) is 0 Å². The standard InChI is InChI=1S/C23H32O6/c1-5-6-7-19-8-10-20(11-9-19)14-15-27-21(24)12-13-22(25)28-16-18(4)29-23(26)17(2)3/h8-11,18H,2,5-7,12-16H2,1,3-4H3. The number of ether oxygens (including phenoxy) is 3. The molecule has 0 heterocycles. The molecule has 1 unspecified atom stereocenters. The van der Waals surface area contributed by atoms with Gasteiger partial charge in [-0.05, 0) is 37.8 Å². The van der Waals surface area contributed by atoms with Crippen molar-refractivity contribution in [3.05, 3.63) is 47.5 Å². The second kappa shape index (κ2) is 13.5. The molecule has 1 aromatic carbocycles. The maximum atomic E-state index is 11.8. The lowest BCUT2D eigenvalue weighted by molar-refractivity contribution is -0.156. The van der Waals surface area contributed by atoms with E-state index >= 15 is 0 Å². The summed E-state index contributed by atoms with van der Waals surface area (Å²) in [4.78, 5) is 34.8. The van der Waals surface area contributed by atoms with E-state index in [-0.39, 0.29) is 31.6 Å². The molecule has 0 amide bonds. The Morgan fingerprint density at radius 3 is 2.07 bits per heavy atom. The molecule has 6 heteroatoms. The highest BCUT2D eigenvalue weighted by Crippen LogP contribution is 2.09. The molecule has 0 bridgehead atoms. The number of unbranched alkanes of at least 4 members (excludes halogenated alkanes) is 1. The summed E-state index contributed by atoms with van der Waals surface area (Å²) < 4.78 is 15.2. The van der Waals surface area contributed by atoms with Crippen LogP contribution in [0.5, 0.6) is 0 Å². The van der Waals surface area contributed by atoms with Gasteiger partial charge in [0.1, 0.15) is 12.7 Å². The molecule has 0 aliphatic heterocycles. The van der Waals surface area contributed by atoms with E-state index in [1.807, 2.05) is 0 Å². The lowest BCUT2D eigenvalue weighted by Crippen LogP contribution is -2.23. The summed E-state index contributed by atoms with van der Waals surface area (Å²) in [6, 6.07) is 8.32. The first kappa shape index (κ1) is 24.4. The van der Waals surface area contributed by atoms with Gasteiger partial charge in [0.15, 0.2) is 0 Å². The van der Waals surface area contributed by atoms with Crippen LogP contribution in [0.3, 0.4) is 0 Å². The van der Waals surface area contributed by atoms with Crippen LogP contribution in [0.25, 0.3) is 0 Å². The van der Waals surface area contributed by atoms with Gasteiger partial charge in [0.25, 0.3) is 0 Å². The molecule has 1 rings (SSSR count). The van der Waals surface area contributed by atoms with Gasteiger partial charge in [0, 0.05) is 12.0 Å². The predicted molar refractivity (Wildman–Crippen MR) is 110 cm³/mol. The maximum absolute atomic E-state index is 11.8. The van der Waals surface area contributed by atoms with E-state index in [1.54, 1.807) is 6.92 Å². The van der Waals surface area contributed by atoms with E-state index in [1.165, 1.54) is 25.3 Å². The Morgan fingerprint density at radius 2 is 1.52 bits per heavy atom. The molecule has 160 valence electrons. The first-order chi connectivity index (χ1) is 13.8. The van der Waals surface area contributed by atoms with Crippen LogP contribution in [0.2, 0.25) is 0 Å². The first-order valence-electron chi connectivity index (χ1n) is 10.1. The van der Waals surface area contributed by atoms with Crippen molar-refractivity contribution in [3.8, 4) is 0 Å². The SMILES string of the molecule is C=C(C)C(=O)OC(C)COC(=O)CCC(=O)OCCc1ccc(CCCC)cc1. The molecule has 1 atom stereocenters. The highest BCUT2D eigenvalue weighted by Gasteiger charge is 2.14. The number of rotatable bonds is 13. The summed E-state index contributed by atoms with van der Waals surface area (Å²) >= 11 is 0. The van der Waals surface area contributed by atoms with Crippen LogP contribution in [0, 0.1) is 0 Å². The van der Waals surface area contributed by atoms with Gasteiger partial charge in [0.2, 0.25) is 0 Å². The molecule has 0 aliphatic rings. The molecule has 29 heavy (non-hydrogen) atoms. The summed E-state index contributed by atoms with van der Waals surface area (Å²) in [6.45, 7) is 9.00. The minimum absolute atomic E-state index is 0.0469. The Morgan fingerprint density at radius 1 is 0.966 bits per heavy atom. The molecule has 0 fully saturated rings. The van der Waals surface area contributed by atoms with E-state index in [2.05, 4.69) is 37.8 Å². The van der Waals surface area contributed by atoms with Crippen LogP contribution in [0.15, 0.2) is 36.4 Å². The third-order valence-electron chi connectivity index (χ3n) is 4.16. The molecule has 0 saturated carbocycles. The molecular formula is C23H32O6. The smallest absolute Gasteiger partial charge is 0.333 e. The van der Waals surface area contributed by atoms with E-state index in [4.69, 9.17) is 14.2 Å². The minimum atomic E-state index is -0.580. The topological polar surface area (TPSA) is 78.9 Å². The Hall–Kier alpha value is -2.63. The number of esters is 3. The number of benzene rings is 1. The molecule has 0 radical (unpaired) electrons. The lowest BCUT2D eigenvalue weighted by Gasteiger charge is -2.13. The van der Waals surface area contributed by atoms with Crippen molar-refractivity contribution in [2.24, 2.45) is 0 Å². The predicted octanol–water partition coefficient (Wildman–Crippen LogP) is 3.95. The number of carbonyl (C=O) groups excluding carboxylic acids is 3. The van der Waals surface area contributed by atoms with Crippen LogP contribution < -0.4 is 0 Å². The summed E-state index contributed by atoms with van der Waals surface area (Å²) in [7, 11) is 0. The van der Waals surface area contributed by atoms with Crippen LogP contribution in [-0.2, 0) is 41.4 Å². The Balaban J connectivity index is 2.17. The van der Waals surface area contributed by atoms with Crippen molar-refractivity contribution in [3.63, 3.8) is 0 Å².